The van der Waals surface area contributed by atoms with E-state index in [0.29, 0.717) is 31.3 Å². The number of hydrogen-bond donors (Lipinski definition) is 2. The molecule has 0 saturated carbocycles. The summed E-state index contributed by atoms with van der Waals surface area (Å²) in [6.07, 6.45) is 4.10. The highest BCUT2D eigenvalue weighted by Crippen LogP contribution is 2.27. The number of aromatic nitrogens is 2. The van der Waals surface area contributed by atoms with E-state index in [0.717, 1.165) is 36.7 Å². The molecule has 0 spiro atoms. The SMILES string of the molecule is CCc1ccccc1Cn1c(N2CCCC(NC(=O)OC(C)(C)C)C2)nc(/C=C(/C(=O)O)N(C)C)c1C=O. The number of likely N-dealkylation sites (N-methyl/N-ethyl adjacent to an activating group) is 1. The van der Waals surface area contributed by atoms with Crippen LogP contribution < -0.4 is 10.2 Å². The number of carboxylic acids is 1. The fourth-order valence-electron chi connectivity index (χ4n) is 4.59. The minimum atomic E-state index is -1.11. The molecule has 1 fully saturated rings. The number of piperidine rings is 1. The van der Waals surface area contributed by atoms with Crippen molar-refractivity contribution in [1.29, 1.82) is 0 Å². The Hall–Kier alpha value is -3.82. The molecule has 3 rings (SSSR count). The summed E-state index contributed by atoms with van der Waals surface area (Å²) in [5, 5.41) is 12.7. The predicted octanol–water partition coefficient (Wildman–Crippen LogP) is 3.79. The monoisotopic (exact) mass is 525 g/mol. The Labute approximate surface area is 224 Å². The van der Waals surface area contributed by atoms with Crippen LogP contribution in [0.15, 0.2) is 30.0 Å². The first-order valence-electron chi connectivity index (χ1n) is 12.9. The van der Waals surface area contributed by atoms with Gasteiger partial charge < -0.3 is 29.5 Å². The Morgan fingerprint density at radius 3 is 2.50 bits per heavy atom. The van der Waals surface area contributed by atoms with E-state index in [2.05, 4.69) is 18.3 Å². The molecule has 38 heavy (non-hydrogen) atoms. The van der Waals surface area contributed by atoms with E-state index in [-0.39, 0.29) is 17.4 Å². The third kappa shape index (κ3) is 7.14. The Morgan fingerprint density at radius 1 is 1.24 bits per heavy atom. The summed E-state index contributed by atoms with van der Waals surface area (Å²) in [7, 11) is 3.26. The maximum Gasteiger partial charge on any atom is 0.407 e. The minimum absolute atomic E-state index is 0.0152. The lowest BCUT2D eigenvalue weighted by Crippen LogP contribution is -2.49. The summed E-state index contributed by atoms with van der Waals surface area (Å²) in [5.41, 5.74) is 2.21. The molecule has 0 bridgehead atoms. The van der Waals surface area contributed by atoms with Crippen molar-refractivity contribution >= 4 is 30.4 Å². The Morgan fingerprint density at radius 2 is 1.92 bits per heavy atom. The average molecular weight is 526 g/mol. The Balaban J connectivity index is 2.04. The second-order valence-corrected chi connectivity index (χ2v) is 10.7. The van der Waals surface area contributed by atoms with Crippen molar-refractivity contribution in [2.45, 2.75) is 65.1 Å². The number of aliphatic carboxylic acids is 1. The molecular weight excluding hydrogens is 486 g/mol. The van der Waals surface area contributed by atoms with Crippen LogP contribution in [0.25, 0.3) is 6.08 Å². The van der Waals surface area contributed by atoms with E-state index in [4.69, 9.17) is 9.72 Å². The number of aldehydes is 1. The van der Waals surface area contributed by atoms with Crippen LogP contribution in [0.2, 0.25) is 0 Å². The summed E-state index contributed by atoms with van der Waals surface area (Å²) < 4.78 is 7.28. The number of benzene rings is 1. The lowest BCUT2D eigenvalue weighted by Gasteiger charge is -2.34. The van der Waals surface area contributed by atoms with Crippen molar-refractivity contribution in [3.63, 3.8) is 0 Å². The van der Waals surface area contributed by atoms with Crippen LogP contribution in [0, 0.1) is 0 Å². The fraction of sp³-hybridized carbons (Fsp3) is 0.500. The first-order valence-corrected chi connectivity index (χ1v) is 12.9. The van der Waals surface area contributed by atoms with E-state index < -0.39 is 17.7 Å². The normalized spacial score (nSPS) is 16.2. The van der Waals surface area contributed by atoms with Crippen LogP contribution in [0.4, 0.5) is 10.7 Å². The summed E-state index contributed by atoms with van der Waals surface area (Å²) in [4.78, 5) is 45.0. The van der Waals surface area contributed by atoms with Crippen LogP contribution in [0.5, 0.6) is 0 Å². The van der Waals surface area contributed by atoms with Gasteiger partial charge >= 0.3 is 12.1 Å². The molecule has 1 atom stereocenters. The van der Waals surface area contributed by atoms with Gasteiger partial charge in [-0.15, -0.1) is 0 Å². The van der Waals surface area contributed by atoms with Crippen LogP contribution in [0.1, 0.15) is 67.8 Å². The van der Waals surface area contributed by atoms with Crippen molar-refractivity contribution in [3.8, 4) is 0 Å². The molecule has 1 unspecified atom stereocenters. The maximum atomic E-state index is 12.4. The number of alkyl carbamates (subject to hydrolysis) is 1. The molecule has 10 heteroatoms. The number of amides is 1. The highest BCUT2D eigenvalue weighted by Gasteiger charge is 2.29. The Kier molecular flexibility index (Phi) is 9.19. The summed E-state index contributed by atoms with van der Waals surface area (Å²) in [6, 6.07) is 7.87. The van der Waals surface area contributed by atoms with Crippen molar-refractivity contribution in [3.05, 3.63) is 52.5 Å². The summed E-state index contributed by atoms with van der Waals surface area (Å²) >= 11 is 0. The minimum Gasteiger partial charge on any atom is -0.477 e. The number of imidazole rings is 1. The number of carbonyl (C=O) groups excluding carboxylic acids is 2. The topological polar surface area (TPSA) is 117 Å². The summed E-state index contributed by atoms with van der Waals surface area (Å²) in [6.45, 7) is 9.10. The number of anilines is 1. The van der Waals surface area contributed by atoms with Crippen molar-refractivity contribution in [2.24, 2.45) is 0 Å². The number of ether oxygens (including phenoxy) is 1. The largest absolute Gasteiger partial charge is 0.477 e. The smallest absolute Gasteiger partial charge is 0.407 e. The number of aryl methyl sites for hydroxylation is 1. The molecule has 1 aliphatic rings. The summed E-state index contributed by atoms with van der Waals surface area (Å²) in [5.74, 6) is -0.553. The van der Waals surface area contributed by atoms with Gasteiger partial charge in [-0.25, -0.2) is 14.6 Å². The highest BCUT2D eigenvalue weighted by molar-refractivity contribution is 5.93. The zero-order valence-corrected chi connectivity index (χ0v) is 23.2. The molecule has 0 aliphatic carbocycles. The third-order valence-corrected chi connectivity index (χ3v) is 6.35. The van der Waals surface area contributed by atoms with E-state index in [1.165, 1.54) is 11.0 Å². The van der Waals surface area contributed by atoms with Crippen LogP contribution >= 0.6 is 0 Å². The number of carbonyl (C=O) groups is 3. The van der Waals surface area contributed by atoms with Crippen LogP contribution in [-0.4, -0.2) is 76.7 Å². The van der Waals surface area contributed by atoms with Gasteiger partial charge in [-0.1, -0.05) is 31.2 Å². The molecule has 206 valence electrons. The standard InChI is InChI=1S/C28H39N5O5/c1-7-19-11-8-9-12-20(19)16-33-24(18-34)22(15-23(25(35)36)31(5)6)30-26(33)32-14-10-13-21(17-32)29-27(37)38-28(2,3)4/h8-9,11-12,15,18,21H,7,10,13-14,16-17H2,1-6H3,(H,29,37)(H,35,36)/b23-15-. The first-order chi connectivity index (χ1) is 17.9. The van der Waals surface area contributed by atoms with Crippen molar-refractivity contribution < 1.29 is 24.2 Å². The molecule has 10 nitrogen and oxygen atoms in total. The molecular formula is C28H39N5O5. The maximum absolute atomic E-state index is 12.4. The zero-order chi connectivity index (χ0) is 28.0. The third-order valence-electron chi connectivity index (χ3n) is 6.35. The van der Waals surface area contributed by atoms with E-state index in [1.54, 1.807) is 14.1 Å². The molecule has 1 aromatic heterocycles. The van der Waals surface area contributed by atoms with Crippen LogP contribution in [-0.2, 0) is 22.5 Å². The van der Waals surface area contributed by atoms with Crippen LogP contribution in [0.3, 0.4) is 0 Å². The number of carboxylic acid groups (broad SMARTS) is 1. The van der Waals surface area contributed by atoms with E-state index in [1.807, 2.05) is 48.4 Å². The number of rotatable bonds is 9. The molecule has 0 radical (unpaired) electrons. The molecule has 2 aromatic rings. The van der Waals surface area contributed by atoms with E-state index >= 15 is 0 Å². The van der Waals surface area contributed by atoms with Gasteiger partial charge in [-0.3, -0.25) is 4.79 Å². The molecule has 1 saturated heterocycles. The van der Waals surface area contributed by atoms with Gasteiger partial charge in [0.1, 0.15) is 17.0 Å². The van der Waals surface area contributed by atoms with Gasteiger partial charge in [-0.2, -0.15) is 0 Å². The van der Waals surface area contributed by atoms with Gasteiger partial charge in [0.15, 0.2) is 6.29 Å². The van der Waals surface area contributed by atoms with Crippen molar-refractivity contribution in [2.75, 3.05) is 32.1 Å². The number of nitrogens with one attached hydrogen (secondary N) is 1. The van der Waals surface area contributed by atoms with Gasteiger partial charge in [-0.05, 0) is 57.2 Å². The quantitative estimate of drug-likeness (QED) is 0.375. The molecule has 1 aliphatic heterocycles. The first kappa shape index (κ1) is 28.7. The van der Waals surface area contributed by atoms with Crippen molar-refractivity contribution in [1.82, 2.24) is 19.8 Å². The molecule has 1 aromatic carbocycles. The number of hydrogen-bond acceptors (Lipinski definition) is 7. The van der Waals surface area contributed by atoms with Gasteiger partial charge in [0.05, 0.1) is 12.2 Å². The second-order valence-electron chi connectivity index (χ2n) is 10.7. The molecule has 2 heterocycles. The number of nitrogens with zero attached hydrogens (tertiary/aromatic N) is 4. The zero-order valence-electron chi connectivity index (χ0n) is 23.2. The predicted molar refractivity (Wildman–Crippen MR) is 146 cm³/mol. The highest BCUT2D eigenvalue weighted by atomic mass is 16.6. The molecule has 2 N–H and O–H groups in total. The Bertz CT molecular complexity index is 1190. The average Bonchev–Trinajstić information content (AvgIpc) is 3.18. The van der Waals surface area contributed by atoms with Gasteiger partial charge in [0, 0.05) is 33.2 Å². The van der Waals surface area contributed by atoms with E-state index in [9.17, 15) is 19.5 Å². The fourth-order valence-corrected chi connectivity index (χ4v) is 4.59. The van der Waals surface area contributed by atoms with Gasteiger partial charge in [0.2, 0.25) is 5.95 Å². The lowest BCUT2D eigenvalue weighted by molar-refractivity contribution is -0.134. The second kappa shape index (κ2) is 12.1. The van der Waals surface area contributed by atoms with Gasteiger partial charge in [0.25, 0.3) is 0 Å². The molecule has 1 amide bonds. The lowest BCUT2D eigenvalue weighted by atomic mass is 10.0.